The Morgan fingerprint density at radius 1 is 0.509 bits per heavy atom. The topological polar surface area (TPSA) is 365 Å². The standard InChI is InChI=1S/C35H62N8O14/c1-14(2)12-21(35(56)57)39-34(55)27(19(9)46)43-32(53)25(16(5)6)41-28(49)17(7)37-33(54)26(18(8)45)42-30(51)22(13-44)40-29(50)20(10-11-23(47)48)38-31(52)24(36)15(3)4/h14-22,24-27,44-46H,10-13,36H2,1-9H3,(H,37,54)(H,38,52)(H,39,55)(H,40,50)(H,41,49)(H,42,51)(H,43,53)(H,47,48)(H,56,57)/t17-,18+,19+,20-,21-,22-,24-,25-,26-,27-/m0/s1. The van der Waals surface area contributed by atoms with Crippen LogP contribution in [0.2, 0.25) is 0 Å². The molecule has 0 fully saturated rings. The largest absolute Gasteiger partial charge is 0.481 e. The number of carbonyl (C=O) groups is 9. The molecule has 22 heteroatoms. The SMILES string of the molecule is CC(C)C[C@H](NC(=O)[C@@H](NC(=O)[C@@H](NC(=O)[C@H](C)NC(=O)[C@@H](NC(=O)[C@H](CO)NC(=O)[C@H](CCC(=O)O)NC(=O)[C@@H](N)C(C)C)[C@@H](C)O)C(C)C)[C@@H](C)O)C(=O)O. The van der Waals surface area contributed by atoms with Crippen LogP contribution < -0.4 is 43.0 Å². The van der Waals surface area contributed by atoms with Gasteiger partial charge in [-0.05, 0) is 51.4 Å². The van der Waals surface area contributed by atoms with Crippen molar-refractivity contribution in [1.82, 2.24) is 37.2 Å². The minimum atomic E-state index is -1.77. The van der Waals surface area contributed by atoms with Crippen molar-refractivity contribution < 1.29 is 68.7 Å². The van der Waals surface area contributed by atoms with Gasteiger partial charge in [-0.1, -0.05) is 41.5 Å². The number of aliphatic carboxylic acids is 2. The fourth-order valence-electron chi connectivity index (χ4n) is 5.02. The summed E-state index contributed by atoms with van der Waals surface area (Å²) in [5, 5.41) is 65.0. The van der Waals surface area contributed by atoms with Gasteiger partial charge < -0.3 is 68.5 Å². The predicted molar refractivity (Wildman–Crippen MR) is 201 cm³/mol. The van der Waals surface area contributed by atoms with Crippen molar-refractivity contribution in [3.8, 4) is 0 Å². The molecule has 0 rings (SSSR count). The summed E-state index contributed by atoms with van der Waals surface area (Å²) in [4.78, 5) is 114. The molecule has 10 atom stereocenters. The molecule has 0 saturated heterocycles. The van der Waals surface area contributed by atoms with E-state index >= 15 is 0 Å². The zero-order valence-corrected chi connectivity index (χ0v) is 33.8. The minimum absolute atomic E-state index is 0.0696. The first-order chi connectivity index (χ1) is 26.2. The van der Waals surface area contributed by atoms with Gasteiger partial charge in [0.1, 0.15) is 42.3 Å². The van der Waals surface area contributed by atoms with E-state index in [1.165, 1.54) is 13.8 Å². The number of carbonyl (C=O) groups excluding carboxylic acids is 7. The Labute approximate surface area is 331 Å². The number of rotatable bonds is 25. The van der Waals surface area contributed by atoms with Gasteiger partial charge in [-0.25, -0.2) is 4.79 Å². The molecule has 22 nitrogen and oxygen atoms in total. The van der Waals surface area contributed by atoms with E-state index in [1.54, 1.807) is 41.5 Å². The van der Waals surface area contributed by atoms with E-state index in [-0.39, 0.29) is 18.3 Å². The van der Waals surface area contributed by atoms with Gasteiger partial charge in [0.25, 0.3) is 0 Å². The third kappa shape index (κ3) is 18.3. The molecule has 0 spiro atoms. The van der Waals surface area contributed by atoms with Crippen molar-refractivity contribution in [2.45, 2.75) is 142 Å². The zero-order valence-electron chi connectivity index (χ0n) is 33.8. The van der Waals surface area contributed by atoms with E-state index in [2.05, 4.69) is 37.2 Å². The van der Waals surface area contributed by atoms with Crippen molar-refractivity contribution >= 4 is 53.3 Å². The van der Waals surface area contributed by atoms with Crippen molar-refractivity contribution in [3.63, 3.8) is 0 Å². The molecule has 0 heterocycles. The van der Waals surface area contributed by atoms with Crippen LogP contribution in [-0.2, 0) is 43.2 Å². The van der Waals surface area contributed by atoms with E-state index in [0.29, 0.717) is 0 Å². The molecule has 0 aliphatic heterocycles. The summed E-state index contributed by atoms with van der Waals surface area (Å²) in [6.45, 7) is 12.3. The lowest BCUT2D eigenvalue weighted by Crippen LogP contribution is -2.62. The van der Waals surface area contributed by atoms with Crippen LogP contribution in [0.1, 0.15) is 81.6 Å². The Morgan fingerprint density at radius 3 is 1.35 bits per heavy atom. The van der Waals surface area contributed by atoms with Gasteiger partial charge in [0, 0.05) is 6.42 Å². The lowest BCUT2D eigenvalue weighted by Gasteiger charge is -2.29. The maximum absolute atomic E-state index is 13.3. The van der Waals surface area contributed by atoms with Crippen LogP contribution in [0.25, 0.3) is 0 Å². The molecule has 7 amide bonds. The average molecular weight is 819 g/mol. The van der Waals surface area contributed by atoms with E-state index in [1.807, 2.05) is 0 Å². The third-order valence-corrected chi connectivity index (χ3v) is 8.56. The number of carboxylic acid groups (broad SMARTS) is 2. The van der Waals surface area contributed by atoms with Gasteiger partial charge in [-0.3, -0.25) is 38.4 Å². The first kappa shape index (κ1) is 52.1. The smallest absolute Gasteiger partial charge is 0.326 e. The zero-order chi connectivity index (χ0) is 44.5. The van der Waals surface area contributed by atoms with Gasteiger partial charge in [0.15, 0.2) is 0 Å². The quantitative estimate of drug-likeness (QED) is 0.0415. The van der Waals surface area contributed by atoms with E-state index < -0.39 is 139 Å². The molecule has 0 bridgehead atoms. The summed E-state index contributed by atoms with van der Waals surface area (Å²) >= 11 is 0. The summed E-state index contributed by atoms with van der Waals surface area (Å²) in [7, 11) is 0. The molecule has 0 aromatic heterocycles. The van der Waals surface area contributed by atoms with Crippen molar-refractivity contribution in [2.75, 3.05) is 6.61 Å². The number of hydrogen-bond donors (Lipinski definition) is 13. The Bertz CT molecular complexity index is 1420. The molecule has 0 aromatic carbocycles. The highest BCUT2D eigenvalue weighted by Gasteiger charge is 2.36. The van der Waals surface area contributed by atoms with Gasteiger partial charge in [0.2, 0.25) is 41.4 Å². The average Bonchev–Trinajstić information content (AvgIpc) is 3.09. The monoisotopic (exact) mass is 818 g/mol. The van der Waals surface area contributed by atoms with Crippen molar-refractivity contribution in [1.29, 1.82) is 0 Å². The number of aliphatic hydroxyl groups excluding tert-OH is 3. The molecule has 57 heavy (non-hydrogen) atoms. The van der Waals surface area contributed by atoms with E-state index in [9.17, 15) is 63.6 Å². The molecule has 0 unspecified atom stereocenters. The first-order valence-corrected chi connectivity index (χ1v) is 18.5. The molecular formula is C35H62N8O14. The number of aliphatic hydroxyl groups is 3. The van der Waals surface area contributed by atoms with Crippen LogP contribution in [-0.4, -0.2) is 146 Å². The van der Waals surface area contributed by atoms with E-state index in [4.69, 9.17) is 10.8 Å². The molecule has 0 aliphatic rings. The molecule has 14 N–H and O–H groups in total. The molecule has 0 saturated carbocycles. The number of hydrogen-bond acceptors (Lipinski definition) is 13. The Morgan fingerprint density at radius 2 is 0.930 bits per heavy atom. The Balaban J connectivity index is 5.83. The predicted octanol–water partition coefficient (Wildman–Crippen LogP) is -4.21. The third-order valence-electron chi connectivity index (χ3n) is 8.56. The second-order valence-electron chi connectivity index (χ2n) is 15.0. The highest BCUT2D eigenvalue weighted by Crippen LogP contribution is 2.09. The van der Waals surface area contributed by atoms with Gasteiger partial charge in [-0.15, -0.1) is 0 Å². The fourth-order valence-corrected chi connectivity index (χ4v) is 5.02. The first-order valence-electron chi connectivity index (χ1n) is 18.5. The molecule has 326 valence electrons. The minimum Gasteiger partial charge on any atom is -0.481 e. The lowest BCUT2D eigenvalue weighted by atomic mass is 10.0. The van der Waals surface area contributed by atoms with Gasteiger partial charge in [-0.2, -0.15) is 0 Å². The molecule has 0 aromatic rings. The van der Waals surface area contributed by atoms with Crippen LogP contribution in [0.4, 0.5) is 0 Å². The summed E-state index contributed by atoms with van der Waals surface area (Å²) in [6.07, 6.45) is -3.99. The number of carboxylic acids is 2. The second-order valence-corrected chi connectivity index (χ2v) is 15.0. The molecule has 0 radical (unpaired) electrons. The van der Waals surface area contributed by atoms with Crippen LogP contribution in [0.15, 0.2) is 0 Å². The van der Waals surface area contributed by atoms with Crippen molar-refractivity contribution in [3.05, 3.63) is 0 Å². The van der Waals surface area contributed by atoms with Gasteiger partial charge >= 0.3 is 11.9 Å². The molecule has 0 aliphatic carbocycles. The maximum Gasteiger partial charge on any atom is 0.326 e. The Kier molecular flexibility index (Phi) is 22.5. The highest BCUT2D eigenvalue weighted by molar-refractivity contribution is 5.97. The Hall–Kier alpha value is -4.93. The summed E-state index contributed by atoms with van der Waals surface area (Å²) in [5.74, 6) is -10.6. The van der Waals surface area contributed by atoms with Gasteiger partial charge in [0.05, 0.1) is 24.9 Å². The van der Waals surface area contributed by atoms with E-state index in [0.717, 1.165) is 6.92 Å². The second kappa shape index (κ2) is 24.6. The lowest BCUT2D eigenvalue weighted by molar-refractivity contribution is -0.143. The molecular weight excluding hydrogens is 756 g/mol. The van der Waals surface area contributed by atoms with Crippen LogP contribution in [0.3, 0.4) is 0 Å². The summed E-state index contributed by atoms with van der Waals surface area (Å²) in [5.41, 5.74) is 5.82. The summed E-state index contributed by atoms with van der Waals surface area (Å²) < 4.78 is 0. The fraction of sp³-hybridized carbons (Fsp3) is 0.743. The van der Waals surface area contributed by atoms with Crippen molar-refractivity contribution in [2.24, 2.45) is 23.5 Å². The van der Waals surface area contributed by atoms with Crippen LogP contribution in [0.5, 0.6) is 0 Å². The number of nitrogens with one attached hydrogen (secondary N) is 7. The van der Waals surface area contributed by atoms with Crippen LogP contribution >= 0.6 is 0 Å². The normalized spacial score (nSPS) is 16.6. The maximum atomic E-state index is 13.3. The number of amides is 7. The van der Waals surface area contributed by atoms with Crippen LogP contribution in [0, 0.1) is 17.8 Å². The highest BCUT2D eigenvalue weighted by atomic mass is 16.4. The number of nitrogens with two attached hydrogens (primary N) is 1. The summed E-state index contributed by atoms with van der Waals surface area (Å²) in [6, 6.07) is -11.8.